The fraction of sp³-hybridized carbons (Fsp3) is 0.833. The molecule has 1 aliphatic carbocycles. The number of hydrogen-bond acceptors (Lipinski definition) is 2. The molecule has 2 heteroatoms. The lowest BCUT2D eigenvalue weighted by Gasteiger charge is -2.21. The minimum absolute atomic E-state index is 0.247. The van der Waals surface area contributed by atoms with E-state index in [0.717, 1.165) is 19.0 Å². The van der Waals surface area contributed by atoms with Gasteiger partial charge >= 0.3 is 0 Å². The van der Waals surface area contributed by atoms with Crippen LogP contribution in [0.4, 0.5) is 0 Å². The standard InChI is InChI=1S/C12H24N2/c1-12(2,3)14-9-8-13-10-11-6-4-5-7-11/h4-5,11,13-14H,6-10H2,1-3H3. The van der Waals surface area contributed by atoms with Crippen molar-refractivity contribution < 1.29 is 0 Å². The third-order valence-corrected chi connectivity index (χ3v) is 2.50. The first-order valence-corrected chi connectivity index (χ1v) is 5.69. The summed E-state index contributed by atoms with van der Waals surface area (Å²) in [5, 5.41) is 6.97. The molecule has 1 aliphatic rings. The molecule has 2 nitrogen and oxygen atoms in total. The second-order valence-corrected chi connectivity index (χ2v) is 5.19. The van der Waals surface area contributed by atoms with Crippen LogP contribution in [-0.2, 0) is 0 Å². The summed E-state index contributed by atoms with van der Waals surface area (Å²) in [6, 6.07) is 0. The quantitative estimate of drug-likeness (QED) is 0.518. The predicted octanol–water partition coefficient (Wildman–Crippen LogP) is 1.93. The number of rotatable bonds is 5. The SMILES string of the molecule is CC(C)(C)NCCNCC1CC=CC1. The van der Waals surface area contributed by atoms with Crippen molar-refractivity contribution >= 4 is 0 Å². The van der Waals surface area contributed by atoms with Crippen molar-refractivity contribution in [3.63, 3.8) is 0 Å². The van der Waals surface area contributed by atoms with Gasteiger partial charge in [-0.2, -0.15) is 0 Å². The summed E-state index contributed by atoms with van der Waals surface area (Å²) < 4.78 is 0. The highest BCUT2D eigenvalue weighted by Crippen LogP contribution is 2.15. The second kappa shape index (κ2) is 5.52. The second-order valence-electron chi connectivity index (χ2n) is 5.19. The molecule has 2 N–H and O–H groups in total. The first kappa shape index (κ1) is 11.7. The maximum atomic E-state index is 3.50. The van der Waals surface area contributed by atoms with Crippen molar-refractivity contribution in [1.82, 2.24) is 10.6 Å². The van der Waals surface area contributed by atoms with E-state index < -0.39 is 0 Å². The summed E-state index contributed by atoms with van der Waals surface area (Å²) in [5.41, 5.74) is 0.247. The lowest BCUT2D eigenvalue weighted by Crippen LogP contribution is -2.40. The van der Waals surface area contributed by atoms with Gasteiger partial charge in [0.05, 0.1) is 0 Å². The molecule has 0 amide bonds. The maximum absolute atomic E-state index is 3.50. The first-order chi connectivity index (χ1) is 6.58. The van der Waals surface area contributed by atoms with Crippen LogP contribution < -0.4 is 10.6 Å². The van der Waals surface area contributed by atoms with Crippen LogP contribution in [0.2, 0.25) is 0 Å². The normalized spacial score (nSPS) is 17.9. The zero-order valence-electron chi connectivity index (χ0n) is 9.77. The Labute approximate surface area is 88.2 Å². The molecule has 82 valence electrons. The Bertz CT molecular complexity index is 171. The average molecular weight is 196 g/mol. The van der Waals surface area contributed by atoms with Crippen LogP contribution in [0.15, 0.2) is 12.2 Å². The zero-order chi connectivity index (χ0) is 10.4. The Hall–Kier alpha value is -0.340. The van der Waals surface area contributed by atoms with Crippen LogP contribution in [0.25, 0.3) is 0 Å². The highest BCUT2D eigenvalue weighted by molar-refractivity contribution is 4.94. The van der Waals surface area contributed by atoms with E-state index in [2.05, 4.69) is 43.6 Å². The highest BCUT2D eigenvalue weighted by Gasteiger charge is 2.10. The van der Waals surface area contributed by atoms with Crippen molar-refractivity contribution in [1.29, 1.82) is 0 Å². The third kappa shape index (κ3) is 5.40. The summed E-state index contributed by atoms with van der Waals surface area (Å²) in [5.74, 6) is 0.852. The van der Waals surface area contributed by atoms with Crippen LogP contribution in [-0.4, -0.2) is 25.2 Å². The Balaban J connectivity index is 1.89. The zero-order valence-corrected chi connectivity index (χ0v) is 9.77. The van der Waals surface area contributed by atoms with E-state index in [0.29, 0.717) is 0 Å². The van der Waals surface area contributed by atoms with E-state index in [1.807, 2.05) is 0 Å². The van der Waals surface area contributed by atoms with Gasteiger partial charge < -0.3 is 10.6 Å². The van der Waals surface area contributed by atoms with E-state index in [1.54, 1.807) is 0 Å². The molecule has 0 aromatic rings. The molecule has 0 saturated heterocycles. The van der Waals surface area contributed by atoms with Gasteiger partial charge in [-0.1, -0.05) is 12.2 Å². The van der Waals surface area contributed by atoms with Gasteiger partial charge in [0.2, 0.25) is 0 Å². The maximum Gasteiger partial charge on any atom is 0.00970 e. The van der Waals surface area contributed by atoms with Gasteiger partial charge in [-0.05, 0) is 46.1 Å². The highest BCUT2D eigenvalue weighted by atomic mass is 15.0. The van der Waals surface area contributed by atoms with E-state index >= 15 is 0 Å². The molecular formula is C12H24N2. The van der Waals surface area contributed by atoms with Gasteiger partial charge in [0.15, 0.2) is 0 Å². The Morgan fingerprint density at radius 2 is 1.79 bits per heavy atom. The van der Waals surface area contributed by atoms with Crippen LogP contribution in [0.1, 0.15) is 33.6 Å². The molecule has 0 heterocycles. The summed E-state index contributed by atoms with van der Waals surface area (Å²) in [4.78, 5) is 0. The fourth-order valence-electron chi connectivity index (χ4n) is 1.67. The summed E-state index contributed by atoms with van der Waals surface area (Å²) in [6.07, 6.45) is 7.11. The molecule has 0 atom stereocenters. The van der Waals surface area contributed by atoms with Crippen molar-refractivity contribution in [2.45, 2.75) is 39.2 Å². The van der Waals surface area contributed by atoms with E-state index in [9.17, 15) is 0 Å². The molecule has 0 spiro atoms. The minimum Gasteiger partial charge on any atom is -0.315 e. The van der Waals surface area contributed by atoms with Gasteiger partial charge in [0.1, 0.15) is 0 Å². The topological polar surface area (TPSA) is 24.1 Å². The largest absolute Gasteiger partial charge is 0.315 e. The monoisotopic (exact) mass is 196 g/mol. The van der Waals surface area contributed by atoms with Crippen molar-refractivity contribution in [2.24, 2.45) is 5.92 Å². The molecule has 0 aliphatic heterocycles. The van der Waals surface area contributed by atoms with Crippen LogP contribution in [0.3, 0.4) is 0 Å². The van der Waals surface area contributed by atoms with Crippen molar-refractivity contribution in [3.8, 4) is 0 Å². The van der Waals surface area contributed by atoms with E-state index in [1.165, 1.54) is 19.4 Å². The molecule has 0 aromatic carbocycles. The average Bonchev–Trinajstić information content (AvgIpc) is 2.54. The summed E-state index contributed by atoms with van der Waals surface area (Å²) >= 11 is 0. The minimum atomic E-state index is 0.247. The molecule has 0 radical (unpaired) electrons. The summed E-state index contributed by atoms with van der Waals surface area (Å²) in [7, 11) is 0. The Morgan fingerprint density at radius 1 is 1.14 bits per heavy atom. The molecule has 1 rings (SSSR count). The van der Waals surface area contributed by atoms with E-state index in [-0.39, 0.29) is 5.54 Å². The molecule has 0 bridgehead atoms. The van der Waals surface area contributed by atoms with Crippen LogP contribution >= 0.6 is 0 Å². The molecule has 0 aromatic heterocycles. The molecular weight excluding hydrogens is 172 g/mol. The first-order valence-electron chi connectivity index (χ1n) is 5.69. The van der Waals surface area contributed by atoms with Gasteiger partial charge in [-0.25, -0.2) is 0 Å². The Kier molecular flexibility index (Phi) is 4.63. The molecule has 0 unspecified atom stereocenters. The summed E-state index contributed by atoms with van der Waals surface area (Å²) in [6.45, 7) is 9.91. The number of nitrogens with one attached hydrogen (secondary N) is 2. The van der Waals surface area contributed by atoms with E-state index in [4.69, 9.17) is 0 Å². The number of hydrogen-bond donors (Lipinski definition) is 2. The lowest BCUT2D eigenvalue weighted by atomic mass is 10.1. The van der Waals surface area contributed by atoms with Crippen LogP contribution in [0.5, 0.6) is 0 Å². The molecule has 0 fully saturated rings. The molecule has 0 saturated carbocycles. The van der Waals surface area contributed by atoms with Gasteiger partial charge in [0, 0.05) is 18.6 Å². The lowest BCUT2D eigenvalue weighted by molar-refractivity contribution is 0.413. The van der Waals surface area contributed by atoms with Crippen LogP contribution in [0, 0.1) is 5.92 Å². The van der Waals surface area contributed by atoms with Gasteiger partial charge in [-0.3, -0.25) is 0 Å². The fourth-order valence-corrected chi connectivity index (χ4v) is 1.67. The van der Waals surface area contributed by atoms with Gasteiger partial charge in [0.25, 0.3) is 0 Å². The molecule has 14 heavy (non-hydrogen) atoms. The predicted molar refractivity (Wildman–Crippen MR) is 62.5 cm³/mol. The van der Waals surface area contributed by atoms with Crippen molar-refractivity contribution in [2.75, 3.05) is 19.6 Å². The third-order valence-electron chi connectivity index (χ3n) is 2.50. The number of allylic oxidation sites excluding steroid dienone is 2. The van der Waals surface area contributed by atoms with Crippen molar-refractivity contribution in [3.05, 3.63) is 12.2 Å². The smallest absolute Gasteiger partial charge is 0.00970 e. The Morgan fingerprint density at radius 3 is 2.36 bits per heavy atom. The van der Waals surface area contributed by atoms with Gasteiger partial charge in [-0.15, -0.1) is 0 Å².